The summed E-state index contributed by atoms with van der Waals surface area (Å²) in [6.45, 7) is 0.936. The fourth-order valence-electron chi connectivity index (χ4n) is 4.40. The quantitative estimate of drug-likeness (QED) is 0.844. The Kier molecular flexibility index (Phi) is 4.60. The Hall–Kier alpha value is -1.59. The monoisotopic (exact) mass is 322 g/mol. The van der Waals surface area contributed by atoms with Crippen molar-refractivity contribution in [1.29, 1.82) is 0 Å². The molecule has 0 aromatic carbocycles. The molecule has 23 heavy (non-hydrogen) atoms. The first-order valence-corrected chi connectivity index (χ1v) is 8.74. The lowest BCUT2D eigenvalue weighted by molar-refractivity contribution is -0.147. The summed E-state index contributed by atoms with van der Waals surface area (Å²) in [5.74, 6) is -0.129. The van der Waals surface area contributed by atoms with Crippen LogP contribution in [0.5, 0.6) is 0 Å². The highest BCUT2D eigenvalue weighted by atomic mass is 16.4. The number of hydrogen-bond donors (Lipinski definition) is 1. The predicted molar refractivity (Wildman–Crippen MR) is 83.5 cm³/mol. The van der Waals surface area contributed by atoms with Crippen LogP contribution in [0.4, 0.5) is 0 Å². The number of fused-ring (bicyclic) bond motifs is 1. The van der Waals surface area contributed by atoms with Gasteiger partial charge in [0.15, 0.2) is 0 Å². The second-order valence-electron chi connectivity index (χ2n) is 7.35. The molecule has 3 atom stereocenters. The maximum absolute atomic E-state index is 12.5. The molecular weight excluding hydrogens is 296 g/mol. The summed E-state index contributed by atoms with van der Waals surface area (Å²) in [4.78, 5) is 39.1. The van der Waals surface area contributed by atoms with Gasteiger partial charge in [0.2, 0.25) is 11.8 Å². The van der Waals surface area contributed by atoms with Gasteiger partial charge in [-0.2, -0.15) is 0 Å². The smallest absolute Gasteiger partial charge is 0.308 e. The Labute approximate surface area is 136 Å². The number of nitrogens with zero attached hydrogens (tertiary/aromatic N) is 2. The van der Waals surface area contributed by atoms with Gasteiger partial charge in [0.25, 0.3) is 0 Å². The SMILES string of the molecule is CN(CC(=O)N1CCCC(C(=O)O)C1)C(=O)C1C2CCCCC21. The average molecular weight is 322 g/mol. The van der Waals surface area contributed by atoms with Gasteiger partial charge in [0, 0.05) is 26.1 Å². The molecule has 3 rings (SSSR count). The average Bonchev–Trinajstić information content (AvgIpc) is 3.28. The third-order valence-electron chi connectivity index (χ3n) is 5.81. The van der Waals surface area contributed by atoms with Crippen molar-refractivity contribution < 1.29 is 19.5 Å². The molecule has 3 aliphatic rings. The van der Waals surface area contributed by atoms with Gasteiger partial charge in [0.1, 0.15) is 0 Å². The van der Waals surface area contributed by atoms with E-state index in [1.807, 2.05) is 0 Å². The van der Waals surface area contributed by atoms with Crippen LogP contribution in [0, 0.1) is 23.7 Å². The third-order valence-corrected chi connectivity index (χ3v) is 5.81. The summed E-state index contributed by atoms with van der Waals surface area (Å²) >= 11 is 0. The van der Waals surface area contributed by atoms with E-state index in [9.17, 15) is 14.4 Å². The van der Waals surface area contributed by atoms with Crippen molar-refractivity contribution >= 4 is 17.8 Å². The van der Waals surface area contributed by atoms with Crippen LogP contribution in [0.15, 0.2) is 0 Å². The van der Waals surface area contributed by atoms with Crippen molar-refractivity contribution in [2.24, 2.45) is 23.7 Å². The maximum Gasteiger partial charge on any atom is 0.308 e. The topological polar surface area (TPSA) is 77.9 Å². The van der Waals surface area contributed by atoms with Crippen LogP contribution in [-0.2, 0) is 14.4 Å². The van der Waals surface area contributed by atoms with Crippen molar-refractivity contribution in [2.45, 2.75) is 38.5 Å². The minimum absolute atomic E-state index is 0.0705. The van der Waals surface area contributed by atoms with E-state index in [1.165, 1.54) is 12.8 Å². The highest BCUT2D eigenvalue weighted by Gasteiger charge is 2.55. The number of amides is 2. The van der Waals surface area contributed by atoms with Gasteiger partial charge >= 0.3 is 5.97 Å². The molecule has 1 N–H and O–H groups in total. The lowest BCUT2D eigenvalue weighted by Gasteiger charge is -2.32. The van der Waals surface area contributed by atoms with Gasteiger partial charge in [0.05, 0.1) is 12.5 Å². The molecule has 0 aromatic rings. The Balaban J connectivity index is 1.51. The zero-order chi connectivity index (χ0) is 16.6. The number of carbonyl (C=O) groups excluding carboxylic acids is 2. The number of rotatable bonds is 4. The Bertz CT molecular complexity index is 495. The molecule has 0 spiro atoms. The van der Waals surface area contributed by atoms with E-state index < -0.39 is 11.9 Å². The summed E-state index contributed by atoms with van der Waals surface area (Å²) in [6, 6.07) is 0. The summed E-state index contributed by atoms with van der Waals surface area (Å²) in [5, 5.41) is 9.10. The summed E-state index contributed by atoms with van der Waals surface area (Å²) in [5.41, 5.74) is 0. The van der Waals surface area contributed by atoms with E-state index in [0.29, 0.717) is 31.2 Å². The van der Waals surface area contributed by atoms with Gasteiger partial charge in [-0.05, 0) is 37.5 Å². The molecule has 0 aromatic heterocycles. The lowest BCUT2D eigenvalue weighted by Crippen LogP contribution is -2.47. The molecular formula is C17H26N2O4. The van der Waals surface area contributed by atoms with Crippen molar-refractivity contribution in [3.05, 3.63) is 0 Å². The fourth-order valence-corrected chi connectivity index (χ4v) is 4.40. The second kappa shape index (κ2) is 6.49. The molecule has 0 radical (unpaired) electrons. The van der Waals surface area contributed by atoms with E-state index in [0.717, 1.165) is 12.8 Å². The highest BCUT2D eigenvalue weighted by molar-refractivity contribution is 5.88. The fraction of sp³-hybridized carbons (Fsp3) is 0.824. The molecule has 1 heterocycles. The van der Waals surface area contributed by atoms with Gasteiger partial charge in [-0.15, -0.1) is 0 Å². The minimum atomic E-state index is -0.839. The number of likely N-dealkylation sites (tertiary alicyclic amines) is 1. The van der Waals surface area contributed by atoms with E-state index in [2.05, 4.69) is 0 Å². The Morgan fingerprint density at radius 1 is 1.09 bits per heavy atom. The van der Waals surface area contributed by atoms with Crippen LogP contribution in [0.1, 0.15) is 38.5 Å². The normalized spacial score (nSPS) is 32.8. The summed E-state index contributed by atoms with van der Waals surface area (Å²) in [7, 11) is 1.70. The third kappa shape index (κ3) is 3.35. The Morgan fingerprint density at radius 2 is 1.74 bits per heavy atom. The van der Waals surface area contributed by atoms with Crippen molar-refractivity contribution in [1.82, 2.24) is 9.80 Å². The summed E-state index contributed by atoms with van der Waals surface area (Å²) in [6.07, 6.45) is 6.08. The molecule has 3 fully saturated rings. The van der Waals surface area contributed by atoms with Crippen molar-refractivity contribution in [3.8, 4) is 0 Å². The molecule has 6 heteroatoms. The zero-order valence-electron chi connectivity index (χ0n) is 13.7. The number of piperidine rings is 1. The van der Waals surface area contributed by atoms with Crippen LogP contribution in [0.2, 0.25) is 0 Å². The first-order chi connectivity index (χ1) is 11.0. The van der Waals surface area contributed by atoms with Gasteiger partial charge in [-0.25, -0.2) is 0 Å². The maximum atomic E-state index is 12.5. The van der Waals surface area contributed by atoms with E-state index in [-0.39, 0.29) is 30.8 Å². The van der Waals surface area contributed by atoms with Crippen LogP contribution >= 0.6 is 0 Å². The zero-order valence-corrected chi connectivity index (χ0v) is 13.7. The number of aliphatic carboxylic acids is 1. The second-order valence-corrected chi connectivity index (χ2v) is 7.35. The minimum Gasteiger partial charge on any atom is -0.481 e. The molecule has 2 aliphatic carbocycles. The molecule has 6 nitrogen and oxygen atoms in total. The molecule has 1 saturated heterocycles. The van der Waals surface area contributed by atoms with Crippen molar-refractivity contribution in [3.63, 3.8) is 0 Å². The lowest BCUT2D eigenvalue weighted by atomic mass is 9.98. The summed E-state index contributed by atoms with van der Waals surface area (Å²) < 4.78 is 0. The van der Waals surface area contributed by atoms with Gasteiger partial charge in [-0.1, -0.05) is 12.8 Å². The largest absolute Gasteiger partial charge is 0.481 e. The molecule has 2 saturated carbocycles. The van der Waals surface area contributed by atoms with Gasteiger partial charge < -0.3 is 14.9 Å². The van der Waals surface area contributed by atoms with Crippen LogP contribution in [-0.4, -0.2) is 59.4 Å². The standard InChI is InChI=1S/C17H26N2O4/c1-18(16(21)15-12-6-2-3-7-13(12)15)10-14(20)19-8-4-5-11(9-19)17(22)23/h11-13,15H,2-10H2,1H3,(H,22,23). The van der Waals surface area contributed by atoms with Gasteiger partial charge in [-0.3, -0.25) is 14.4 Å². The van der Waals surface area contributed by atoms with E-state index in [1.54, 1.807) is 16.8 Å². The first-order valence-electron chi connectivity index (χ1n) is 8.74. The Morgan fingerprint density at radius 3 is 2.35 bits per heavy atom. The highest BCUT2D eigenvalue weighted by Crippen LogP contribution is 2.55. The van der Waals surface area contributed by atoms with Crippen molar-refractivity contribution in [2.75, 3.05) is 26.7 Å². The predicted octanol–water partition coefficient (Wildman–Crippen LogP) is 1.20. The number of carboxylic acid groups (broad SMARTS) is 1. The van der Waals surface area contributed by atoms with Crippen LogP contribution in [0.3, 0.4) is 0 Å². The number of carboxylic acids is 1. The number of hydrogen-bond acceptors (Lipinski definition) is 3. The molecule has 2 amide bonds. The molecule has 3 unspecified atom stereocenters. The van der Waals surface area contributed by atoms with Crippen LogP contribution < -0.4 is 0 Å². The molecule has 128 valence electrons. The number of carbonyl (C=O) groups is 3. The van der Waals surface area contributed by atoms with Crippen LogP contribution in [0.25, 0.3) is 0 Å². The molecule has 0 bridgehead atoms. The first kappa shape index (κ1) is 16.3. The molecule has 1 aliphatic heterocycles. The van der Waals surface area contributed by atoms with E-state index >= 15 is 0 Å². The van der Waals surface area contributed by atoms with E-state index in [4.69, 9.17) is 5.11 Å². The number of likely N-dealkylation sites (N-methyl/N-ethyl adjacent to an activating group) is 1.